The van der Waals surface area contributed by atoms with Gasteiger partial charge in [-0.25, -0.2) is 13.4 Å². The van der Waals surface area contributed by atoms with Crippen LogP contribution < -0.4 is 14.8 Å². The number of carbonyl (C=O) groups excluding carboxylic acids is 1. The second-order valence-electron chi connectivity index (χ2n) is 8.00. The van der Waals surface area contributed by atoms with E-state index in [1.165, 1.54) is 50.6 Å². The summed E-state index contributed by atoms with van der Waals surface area (Å²) in [5.74, 6) is 1.02. The summed E-state index contributed by atoms with van der Waals surface area (Å²) < 4.78 is 42.4. The number of carbonyl (C=O) groups is 1. The molecule has 4 aromatic rings. The van der Waals surface area contributed by atoms with Crippen LogP contribution in [-0.4, -0.2) is 41.6 Å². The molecule has 194 valence electrons. The number of para-hydroxylation sites is 2. The number of amides is 1. The van der Waals surface area contributed by atoms with Crippen molar-refractivity contribution in [3.63, 3.8) is 0 Å². The number of hydrogen-bond donors (Lipinski definition) is 1. The number of sulfone groups is 1. The highest BCUT2D eigenvalue weighted by Crippen LogP contribution is 2.27. The average molecular weight is 531 g/mol. The minimum atomic E-state index is -3.79. The summed E-state index contributed by atoms with van der Waals surface area (Å²) >= 11 is 0. The molecule has 0 atom stereocenters. The van der Waals surface area contributed by atoms with Gasteiger partial charge >= 0.3 is 0 Å². The Morgan fingerprint density at radius 1 is 0.684 bits per heavy atom. The molecule has 0 aliphatic rings. The Morgan fingerprint density at radius 3 is 1.74 bits per heavy atom. The largest absolute Gasteiger partial charge is 0.496 e. The molecule has 4 rings (SSSR count). The Bertz CT molecular complexity index is 1560. The third kappa shape index (κ3) is 5.68. The van der Waals surface area contributed by atoms with Crippen molar-refractivity contribution in [2.45, 2.75) is 9.79 Å². The zero-order chi connectivity index (χ0) is 27.1. The van der Waals surface area contributed by atoms with E-state index in [9.17, 15) is 13.2 Å². The summed E-state index contributed by atoms with van der Waals surface area (Å²) in [6, 6.07) is 26.3. The molecule has 0 bridgehead atoms. The lowest BCUT2D eigenvalue weighted by Gasteiger charge is -2.11. The molecule has 0 radical (unpaired) electrons. The fourth-order valence-corrected chi connectivity index (χ4v) is 5.00. The summed E-state index contributed by atoms with van der Waals surface area (Å²) in [6.07, 6.45) is 0. The molecule has 0 heterocycles. The van der Waals surface area contributed by atoms with Crippen molar-refractivity contribution in [2.75, 3.05) is 26.6 Å². The molecule has 0 saturated carbocycles. The Kier molecular flexibility index (Phi) is 8.08. The van der Waals surface area contributed by atoms with Crippen LogP contribution >= 0.6 is 0 Å². The van der Waals surface area contributed by atoms with Crippen LogP contribution in [0.15, 0.2) is 112 Å². The Hall–Kier alpha value is -4.63. The number of rotatable bonds is 8. The van der Waals surface area contributed by atoms with E-state index >= 15 is 0 Å². The van der Waals surface area contributed by atoms with Crippen molar-refractivity contribution in [3.8, 4) is 11.5 Å². The maximum Gasteiger partial charge on any atom is 0.259 e. The van der Waals surface area contributed by atoms with Crippen LogP contribution in [0.2, 0.25) is 0 Å². The van der Waals surface area contributed by atoms with Gasteiger partial charge in [0.05, 0.1) is 47.9 Å². The Labute approximate surface area is 221 Å². The van der Waals surface area contributed by atoms with Crippen LogP contribution in [-0.2, 0) is 14.6 Å². The van der Waals surface area contributed by atoms with Crippen molar-refractivity contribution < 1.29 is 27.4 Å². The fraction of sp³-hybridized carbons (Fsp3) is 0.103. The van der Waals surface area contributed by atoms with Gasteiger partial charge in [0.1, 0.15) is 11.5 Å². The van der Waals surface area contributed by atoms with E-state index in [0.29, 0.717) is 39.9 Å². The van der Waals surface area contributed by atoms with E-state index in [0.717, 1.165) is 0 Å². The van der Waals surface area contributed by atoms with Gasteiger partial charge in [0.15, 0.2) is 0 Å². The molecule has 0 aromatic heterocycles. The van der Waals surface area contributed by atoms with E-state index < -0.39 is 9.84 Å². The van der Waals surface area contributed by atoms with Gasteiger partial charge in [-0.3, -0.25) is 4.79 Å². The van der Waals surface area contributed by atoms with Crippen molar-refractivity contribution in [3.05, 3.63) is 108 Å². The topological polar surface area (TPSA) is 103 Å². The maximum absolute atomic E-state index is 13.2. The van der Waals surface area contributed by atoms with Gasteiger partial charge in [0.2, 0.25) is 15.7 Å². The minimum Gasteiger partial charge on any atom is -0.496 e. The number of nitrogens with zero attached hydrogens (tertiary/aromatic N) is 1. The zero-order valence-corrected chi connectivity index (χ0v) is 21.9. The van der Waals surface area contributed by atoms with Gasteiger partial charge < -0.3 is 19.5 Å². The van der Waals surface area contributed by atoms with E-state index in [1.54, 1.807) is 49.6 Å². The van der Waals surface area contributed by atoms with Gasteiger partial charge in [0.25, 0.3) is 5.91 Å². The van der Waals surface area contributed by atoms with E-state index in [1.807, 2.05) is 18.2 Å². The van der Waals surface area contributed by atoms with Crippen molar-refractivity contribution in [1.29, 1.82) is 0 Å². The monoisotopic (exact) mass is 530 g/mol. The van der Waals surface area contributed by atoms with Crippen LogP contribution in [0.5, 0.6) is 11.5 Å². The normalized spacial score (nSPS) is 11.5. The molecule has 0 aliphatic carbocycles. The summed E-state index contributed by atoms with van der Waals surface area (Å²) in [5.41, 5.74) is 2.01. The smallest absolute Gasteiger partial charge is 0.259 e. The molecule has 9 heteroatoms. The number of aliphatic imine (C=N–C) groups is 1. The van der Waals surface area contributed by atoms with Crippen molar-refractivity contribution in [2.24, 2.45) is 4.99 Å². The molecule has 4 aromatic carbocycles. The summed E-state index contributed by atoms with van der Waals surface area (Å²) in [5, 5.41) is 2.75. The Balaban J connectivity index is 1.52. The fourth-order valence-electron chi connectivity index (χ4n) is 3.74. The second-order valence-corrected chi connectivity index (χ2v) is 9.95. The summed E-state index contributed by atoms with van der Waals surface area (Å²) in [4.78, 5) is 17.3. The van der Waals surface area contributed by atoms with E-state index in [2.05, 4.69) is 10.3 Å². The van der Waals surface area contributed by atoms with Gasteiger partial charge in [0, 0.05) is 5.69 Å². The highest BCUT2D eigenvalue weighted by Gasteiger charge is 2.19. The van der Waals surface area contributed by atoms with Crippen molar-refractivity contribution >= 4 is 33.0 Å². The van der Waals surface area contributed by atoms with Crippen LogP contribution in [0.1, 0.15) is 15.9 Å². The first-order valence-corrected chi connectivity index (χ1v) is 13.0. The first-order chi connectivity index (χ1) is 18.4. The van der Waals surface area contributed by atoms with Crippen LogP contribution in [0.4, 0.5) is 11.4 Å². The minimum absolute atomic E-state index is 0.0932. The molecular formula is C29H26N2O6S. The molecule has 0 aliphatic heterocycles. The van der Waals surface area contributed by atoms with E-state index in [-0.39, 0.29) is 15.7 Å². The molecular weight excluding hydrogens is 504 g/mol. The molecule has 1 N–H and O–H groups in total. The third-order valence-corrected chi connectivity index (χ3v) is 7.47. The number of hydrogen-bond acceptors (Lipinski definition) is 7. The highest BCUT2D eigenvalue weighted by molar-refractivity contribution is 7.91. The van der Waals surface area contributed by atoms with Crippen LogP contribution in [0, 0.1) is 0 Å². The second kappa shape index (κ2) is 11.6. The number of methoxy groups -OCH3 is 3. The first kappa shape index (κ1) is 26.4. The Morgan fingerprint density at radius 2 is 1.18 bits per heavy atom. The maximum atomic E-state index is 13.2. The van der Waals surface area contributed by atoms with E-state index in [4.69, 9.17) is 14.2 Å². The predicted molar refractivity (Wildman–Crippen MR) is 145 cm³/mol. The number of nitrogens with one attached hydrogen (secondary N) is 1. The highest BCUT2D eigenvalue weighted by atomic mass is 32.2. The van der Waals surface area contributed by atoms with Gasteiger partial charge in [-0.1, -0.05) is 24.3 Å². The standard InChI is InChI=1S/C29H26N2O6S/c1-35-26-10-6-4-8-24(26)28(32)30-20-12-16-22(17-13-20)38(33,34)23-18-14-21(15-19-23)31-29(37-3)25-9-5-7-11-27(25)36-2/h4-19H,1-3H3,(H,30,32). The molecule has 0 unspecified atom stereocenters. The number of ether oxygens (including phenoxy) is 3. The molecule has 38 heavy (non-hydrogen) atoms. The summed E-state index contributed by atoms with van der Waals surface area (Å²) in [6.45, 7) is 0. The third-order valence-electron chi connectivity index (χ3n) is 5.68. The molecule has 0 fully saturated rings. The molecule has 8 nitrogen and oxygen atoms in total. The average Bonchev–Trinajstić information content (AvgIpc) is 2.96. The predicted octanol–water partition coefficient (Wildman–Crippen LogP) is 5.51. The SMILES string of the molecule is COC(=Nc1ccc(S(=O)(=O)c2ccc(NC(=O)c3ccccc3OC)cc2)cc1)c1ccccc1OC. The lowest BCUT2D eigenvalue weighted by atomic mass is 10.2. The number of benzene rings is 4. The van der Waals surface area contributed by atoms with Gasteiger partial charge in [-0.2, -0.15) is 0 Å². The van der Waals surface area contributed by atoms with Crippen molar-refractivity contribution in [1.82, 2.24) is 0 Å². The summed E-state index contributed by atoms with van der Waals surface area (Å²) in [7, 11) is 0.763. The molecule has 0 spiro atoms. The molecule has 1 amide bonds. The van der Waals surface area contributed by atoms with Gasteiger partial charge in [-0.15, -0.1) is 0 Å². The quantitative estimate of drug-likeness (QED) is 0.238. The first-order valence-electron chi connectivity index (χ1n) is 11.5. The zero-order valence-electron chi connectivity index (χ0n) is 21.0. The lowest BCUT2D eigenvalue weighted by Crippen LogP contribution is -2.13. The lowest BCUT2D eigenvalue weighted by molar-refractivity contribution is 0.102. The molecule has 0 saturated heterocycles. The van der Waals surface area contributed by atoms with Gasteiger partial charge in [-0.05, 0) is 72.8 Å². The van der Waals surface area contributed by atoms with Crippen LogP contribution in [0.3, 0.4) is 0 Å². The van der Waals surface area contributed by atoms with Crippen LogP contribution in [0.25, 0.3) is 0 Å². The number of anilines is 1.